The summed E-state index contributed by atoms with van der Waals surface area (Å²) in [6.07, 6.45) is 1.04. The van der Waals surface area contributed by atoms with E-state index in [2.05, 4.69) is 12.2 Å². The van der Waals surface area contributed by atoms with Gasteiger partial charge in [0.1, 0.15) is 6.10 Å². The quantitative estimate of drug-likeness (QED) is 0.904. The molecule has 0 saturated carbocycles. The number of halogens is 2. The summed E-state index contributed by atoms with van der Waals surface area (Å²) in [4.78, 5) is 0. The van der Waals surface area contributed by atoms with E-state index in [1.807, 2.05) is 12.1 Å². The maximum Gasteiger partial charge on any atom is 0.100 e. The fourth-order valence-electron chi connectivity index (χ4n) is 2.19. The van der Waals surface area contributed by atoms with E-state index in [-0.39, 0.29) is 12.1 Å². The van der Waals surface area contributed by atoms with Crippen molar-refractivity contribution in [2.75, 3.05) is 26.4 Å². The molecule has 1 aliphatic heterocycles. The zero-order chi connectivity index (χ0) is 13.7. The van der Waals surface area contributed by atoms with Crippen LogP contribution < -0.4 is 5.32 Å². The third kappa shape index (κ3) is 4.07. The Kier molecular flexibility index (Phi) is 5.92. The van der Waals surface area contributed by atoms with E-state index in [1.54, 1.807) is 6.07 Å². The Hall–Kier alpha value is -0.320. The smallest absolute Gasteiger partial charge is 0.100 e. The maximum absolute atomic E-state index is 6.30. The molecular formula is C14H19Cl2NO2. The predicted molar refractivity (Wildman–Crippen MR) is 78.1 cm³/mol. The van der Waals surface area contributed by atoms with Gasteiger partial charge in [0.15, 0.2) is 0 Å². The van der Waals surface area contributed by atoms with Gasteiger partial charge in [0.25, 0.3) is 0 Å². The third-order valence-electron chi connectivity index (χ3n) is 3.13. The SMILES string of the molecule is CCCNC(c1ccc(Cl)cc1Cl)C1COCCO1. The lowest BCUT2D eigenvalue weighted by Crippen LogP contribution is -2.41. The minimum Gasteiger partial charge on any atom is -0.376 e. The molecule has 1 N–H and O–H groups in total. The second kappa shape index (κ2) is 7.46. The Balaban J connectivity index is 2.19. The summed E-state index contributed by atoms with van der Waals surface area (Å²) in [6.45, 7) is 4.90. The number of ether oxygens (including phenoxy) is 2. The van der Waals surface area contributed by atoms with Crippen molar-refractivity contribution in [2.24, 2.45) is 0 Å². The molecule has 1 aromatic rings. The lowest BCUT2D eigenvalue weighted by Gasteiger charge is -2.32. The van der Waals surface area contributed by atoms with E-state index in [0.717, 1.165) is 18.5 Å². The fourth-order valence-corrected chi connectivity index (χ4v) is 2.72. The second-order valence-corrected chi connectivity index (χ2v) is 5.43. The Bertz CT molecular complexity index is 408. The van der Waals surface area contributed by atoms with Gasteiger partial charge in [-0.15, -0.1) is 0 Å². The molecule has 0 spiro atoms. The lowest BCUT2D eigenvalue weighted by atomic mass is 10.0. The van der Waals surface area contributed by atoms with Crippen molar-refractivity contribution < 1.29 is 9.47 Å². The Morgan fingerprint density at radius 2 is 2.21 bits per heavy atom. The summed E-state index contributed by atoms with van der Waals surface area (Å²) in [5, 5.41) is 4.79. The summed E-state index contributed by atoms with van der Waals surface area (Å²) in [5.41, 5.74) is 1.01. The average Bonchev–Trinajstić information content (AvgIpc) is 2.42. The molecule has 1 saturated heterocycles. The molecule has 1 fully saturated rings. The molecule has 1 aromatic carbocycles. The summed E-state index contributed by atoms with van der Waals surface area (Å²) < 4.78 is 11.3. The molecule has 3 nitrogen and oxygen atoms in total. The maximum atomic E-state index is 6.30. The summed E-state index contributed by atoms with van der Waals surface area (Å²) in [5.74, 6) is 0. The largest absolute Gasteiger partial charge is 0.376 e. The van der Waals surface area contributed by atoms with Crippen LogP contribution in [0.4, 0.5) is 0 Å². The van der Waals surface area contributed by atoms with Crippen molar-refractivity contribution in [3.8, 4) is 0 Å². The van der Waals surface area contributed by atoms with Gasteiger partial charge in [0.05, 0.1) is 25.9 Å². The average molecular weight is 304 g/mol. The van der Waals surface area contributed by atoms with Crippen LogP contribution in [-0.2, 0) is 9.47 Å². The van der Waals surface area contributed by atoms with Gasteiger partial charge < -0.3 is 14.8 Å². The zero-order valence-corrected chi connectivity index (χ0v) is 12.5. The molecule has 2 atom stereocenters. The van der Waals surface area contributed by atoms with E-state index in [0.29, 0.717) is 29.9 Å². The molecule has 2 rings (SSSR count). The van der Waals surface area contributed by atoms with Crippen molar-refractivity contribution >= 4 is 23.2 Å². The highest BCUT2D eigenvalue weighted by Gasteiger charge is 2.27. The first-order valence-electron chi connectivity index (χ1n) is 6.60. The number of hydrogen-bond donors (Lipinski definition) is 1. The fraction of sp³-hybridized carbons (Fsp3) is 0.571. The topological polar surface area (TPSA) is 30.5 Å². The molecular weight excluding hydrogens is 285 g/mol. The first-order chi connectivity index (χ1) is 9.22. The second-order valence-electron chi connectivity index (χ2n) is 4.58. The van der Waals surface area contributed by atoms with Gasteiger partial charge in [-0.25, -0.2) is 0 Å². The molecule has 0 bridgehead atoms. The third-order valence-corrected chi connectivity index (χ3v) is 3.69. The van der Waals surface area contributed by atoms with Crippen molar-refractivity contribution in [3.05, 3.63) is 33.8 Å². The van der Waals surface area contributed by atoms with Gasteiger partial charge in [-0.05, 0) is 30.7 Å². The van der Waals surface area contributed by atoms with Crippen LogP contribution >= 0.6 is 23.2 Å². The van der Waals surface area contributed by atoms with E-state index >= 15 is 0 Å². The van der Waals surface area contributed by atoms with Crippen LogP contribution in [0.15, 0.2) is 18.2 Å². The molecule has 19 heavy (non-hydrogen) atoms. The molecule has 0 aromatic heterocycles. The molecule has 1 heterocycles. The standard InChI is InChI=1S/C14H19Cl2NO2/c1-2-5-17-14(13-9-18-6-7-19-13)11-4-3-10(15)8-12(11)16/h3-4,8,13-14,17H,2,5-7,9H2,1H3. The lowest BCUT2D eigenvalue weighted by molar-refractivity contribution is -0.102. The van der Waals surface area contributed by atoms with E-state index in [9.17, 15) is 0 Å². The van der Waals surface area contributed by atoms with Crippen LogP contribution in [-0.4, -0.2) is 32.5 Å². The van der Waals surface area contributed by atoms with Gasteiger partial charge in [-0.1, -0.05) is 36.2 Å². The van der Waals surface area contributed by atoms with Gasteiger partial charge in [0.2, 0.25) is 0 Å². The highest BCUT2D eigenvalue weighted by atomic mass is 35.5. The Morgan fingerprint density at radius 1 is 1.37 bits per heavy atom. The Labute approximate surface area is 124 Å². The van der Waals surface area contributed by atoms with Crippen LogP contribution in [0.1, 0.15) is 24.9 Å². The highest BCUT2D eigenvalue weighted by Crippen LogP contribution is 2.30. The molecule has 0 amide bonds. The van der Waals surface area contributed by atoms with Gasteiger partial charge in [0, 0.05) is 10.0 Å². The Morgan fingerprint density at radius 3 is 2.84 bits per heavy atom. The minimum atomic E-state index is -0.0148. The van der Waals surface area contributed by atoms with Crippen molar-refractivity contribution in [3.63, 3.8) is 0 Å². The summed E-state index contributed by atoms with van der Waals surface area (Å²) in [6, 6.07) is 5.61. The number of nitrogens with one attached hydrogen (secondary N) is 1. The molecule has 2 unspecified atom stereocenters. The first-order valence-corrected chi connectivity index (χ1v) is 7.35. The highest BCUT2D eigenvalue weighted by molar-refractivity contribution is 6.35. The van der Waals surface area contributed by atoms with Gasteiger partial charge >= 0.3 is 0 Å². The number of rotatable bonds is 5. The summed E-state index contributed by atoms with van der Waals surface area (Å²) in [7, 11) is 0. The molecule has 5 heteroatoms. The summed E-state index contributed by atoms with van der Waals surface area (Å²) >= 11 is 12.3. The normalized spacial score (nSPS) is 21.3. The van der Waals surface area contributed by atoms with E-state index in [1.165, 1.54) is 0 Å². The van der Waals surface area contributed by atoms with Crippen LogP contribution in [0.2, 0.25) is 10.0 Å². The van der Waals surface area contributed by atoms with Crippen LogP contribution in [0.25, 0.3) is 0 Å². The van der Waals surface area contributed by atoms with Gasteiger partial charge in [-0.2, -0.15) is 0 Å². The van der Waals surface area contributed by atoms with Crippen molar-refractivity contribution in [2.45, 2.75) is 25.5 Å². The number of benzene rings is 1. The van der Waals surface area contributed by atoms with Crippen LogP contribution in [0.5, 0.6) is 0 Å². The monoisotopic (exact) mass is 303 g/mol. The van der Waals surface area contributed by atoms with Gasteiger partial charge in [-0.3, -0.25) is 0 Å². The van der Waals surface area contributed by atoms with E-state index in [4.69, 9.17) is 32.7 Å². The van der Waals surface area contributed by atoms with Crippen LogP contribution in [0, 0.1) is 0 Å². The predicted octanol–water partition coefficient (Wildman–Crippen LogP) is 3.45. The molecule has 0 aliphatic carbocycles. The molecule has 0 radical (unpaired) electrons. The first kappa shape index (κ1) is 15.1. The zero-order valence-electron chi connectivity index (χ0n) is 11.0. The molecule has 106 valence electrons. The van der Waals surface area contributed by atoms with E-state index < -0.39 is 0 Å². The minimum absolute atomic E-state index is 0.0148. The number of hydrogen-bond acceptors (Lipinski definition) is 3. The van der Waals surface area contributed by atoms with Crippen molar-refractivity contribution in [1.82, 2.24) is 5.32 Å². The van der Waals surface area contributed by atoms with Crippen molar-refractivity contribution in [1.29, 1.82) is 0 Å². The molecule has 1 aliphatic rings. The van der Waals surface area contributed by atoms with Crippen LogP contribution in [0.3, 0.4) is 0 Å².